The number of hydrogen-bond acceptors (Lipinski definition) is 3. The predicted molar refractivity (Wildman–Crippen MR) is 69.1 cm³/mol. The lowest BCUT2D eigenvalue weighted by atomic mass is 10.2. The molecule has 0 radical (unpaired) electrons. The van der Waals surface area contributed by atoms with Gasteiger partial charge in [0.25, 0.3) is 0 Å². The monoisotopic (exact) mass is 222 g/mol. The van der Waals surface area contributed by atoms with Crippen LogP contribution in [0.4, 0.5) is 5.69 Å². The average Bonchev–Trinajstić information content (AvgIpc) is 2.29. The quantitative estimate of drug-likeness (QED) is 0.802. The van der Waals surface area contributed by atoms with Crippen LogP contribution in [-0.2, 0) is 0 Å². The highest BCUT2D eigenvalue weighted by Gasteiger charge is 2.03. The van der Waals surface area contributed by atoms with Crippen LogP contribution in [-0.4, -0.2) is 25.7 Å². The first-order chi connectivity index (χ1) is 7.67. The molecular weight excluding hydrogens is 200 g/mol. The van der Waals surface area contributed by atoms with Crippen molar-refractivity contribution >= 4 is 5.69 Å². The average molecular weight is 222 g/mol. The molecule has 1 rings (SSSR count). The van der Waals surface area contributed by atoms with Crippen molar-refractivity contribution in [2.75, 3.05) is 24.6 Å². The van der Waals surface area contributed by atoms with E-state index in [0.29, 0.717) is 6.61 Å². The maximum atomic E-state index is 5.66. The lowest BCUT2D eigenvalue weighted by Crippen LogP contribution is -2.24. The van der Waals surface area contributed by atoms with Crippen LogP contribution in [0, 0.1) is 0 Å². The number of benzene rings is 1. The summed E-state index contributed by atoms with van der Waals surface area (Å²) in [5, 5.41) is 0. The summed E-state index contributed by atoms with van der Waals surface area (Å²) in [6.07, 6.45) is 0. The van der Waals surface area contributed by atoms with Gasteiger partial charge in [-0.05, 0) is 32.9 Å². The zero-order valence-electron chi connectivity index (χ0n) is 10.4. The largest absolute Gasteiger partial charge is 0.492 e. The molecular formula is C13H22N2O. The van der Waals surface area contributed by atoms with Crippen LogP contribution in [0.3, 0.4) is 0 Å². The van der Waals surface area contributed by atoms with E-state index in [9.17, 15) is 0 Å². The molecule has 0 aliphatic heterocycles. The lowest BCUT2D eigenvalue weighted by molar-refractivity contribution is 0.296. The molecule has 0 saturated carbocycles. The Bertz CT molecular complexity index is 309. The molecule has 1 aromatic carbocycles. The molecule has 0 aromatic heterocycles. The Hall–Kier alpha value is -1.22. The summed E-state index contributed by atoms with van der Waals surface area (Å²) in [4.78, 5) is 2.29. The second kappa shape index (κ2) is 6.38. The van der Waals surface area contributed by atoms with Gasteiger partial charge in [0.05, 0.1) is 0 Å². The molecule has 2 N–H and O–H groups in total. The van der Waals surface area contributed by atoms with Gasteiger partial charge in [0, 0.05) is 30.9 Å². The van der Waals surface area contributed by atoms with Crippen LogP contribution in [0.15, 0.2) is 24.3 Å². The zero-order chi connectivity index (χ0) is 12.0. The molecule has 0 bridgehead atoms. The Kier molecular flexibility index (Phi) is 5.12. The second-order valence-electron chi connectivity index (χ2n) is 3.96. The van der Waals surface area contributed by atoms with Crippen molar-refractivity contribution in [1.29, 1.82) is 0 Å². The molecule has 0 aliphatic carbocycles. The lowest BCUT2D eigenvalue weighted by Gasteiger charge is -2.21. The van der Waals surface area contributed by atoms with Crippen LogP contribution in [0.1, 0.15) is 20.8 Å². The Morgan fingerprint density at radius 3 is 2.56 bits per heavy atom. The van der Waals surface area contributed by atoms with Gasteiger partial charge in [0.1, 0.15) is 12.4 Å². The molecule has 0 aliphatic rings. The van der Waals surface area contributed by atoms with E-state index in [1.165, 1.54) is 5.69 Å². The number of anilines is 1. The molecule has 0 amide bonds. The first-order valence-electron chi connectivity index (χ1n) is 5.90. The fraction of sp³-hybridized carbons (Fsp3) is 0.538. The van der Waals surface area contributed by atoms with Gasteiger partial charge in [0.15, 0.2) is 0 Å². The van der Waals surface area contributed by atoms with Gasteiger partial charge in [0.2, 0.25) is 0 Å². The third-order valence-corrected chi connectivity index (χ3v) is 2.46. The van der Waals surface area contributed by atoms with Gasteiger partial charge >= 0.3 is 0 Å². The van der Waals surface area contributed by atoms with E-state index in [-0.39, 0.29) is 6.04 Å². The van der Waals surface area contributed by atoms with E-state index in [1.807, 2.05) is 19.1 Å². The van der Waals surface area contributed by atoms with Gasteiger partial charge in [-0.2, -0.15) is 0 Å². The first kappa shape index (κ1) is 12.8. The summed E-state index contributed by atoms with van der Waals surface area (Å²) in [5.41, 5.74) is 6.86. The summed E-state index contributed by atoms with van der Waals surface area (Å²) in [6, 6.07) is 8.22. The number of ether oxygens (including phenoxy) is 1. The Morgan fingerprint density at radius 2 is 2.00 bits per heavy atom. The zero-order valence-corrected chi connectivity index (χ0v) is 10.4. The normalized spacial score (nSPS) is 12.2. The minimum Gasteiger partial charge on any atom is -0.492 e. The molecule has 1 aromatic rings. The van der Waals surface area contributed by atoms with Crippen molar-refractivity contribution in [2.45, 2.75) is 26.8 Å². The summed E-state index contributed by atoms with van der Waals surface area (Å²) in [6.45, 7) is 8.81. The predicted octanol–water partition coefficient (Wildman–Crippen LogP) is 2.26. The first-order valence-corrected chi connectivity index (χ1v) is 5.90. The molecule has 0 heterocycles. The summed E-state index contributed by atoms with van der Waals surface area (Å²) in [5.74, 6) is 0.890. The molecule has 1 unspecified atom stereocenters. The highest BCUT2D eigenvalue weighted by Crippen LogP contribution is 2.20. The number of nitrogens with two attached hydrogens (primary N) is 1. The molecule has 90 valence electrons. The van der Waals surface area contributed by atoms with E-state index < -0.39 is 0 Å². The smallest absolute Gasteiger partial charge is 0.121 e. The van der Waals surface area contributed by atoms with Gasteiger partial charge in [-0.25, -0.2) is 0 Å². The Balaban J connectivity index is 2.70. The van der Waals surface area contributed by atoms with Crippen molar-refractivity contribution < 1.29 is 4.74 Å². The van der Waals surface area contributed by atoms with Gasteiger partial charge in [-0.3, -0.25) is 0 Å². The van der Waals surface area contributed by atoms with Crippen LogP contribution < -0.4 is 15.4 Å². The second-order valence-corrected chi connectivity index (χ2v) is 3.96. The van der Waals surface area contributed by atoms with Crippen molar-refractivity contribution in [3.63, 3.8) is 0 Å². The number of hydrogen-bond donors (Lipinski definition) is 1. The summed E-state index contributed by atoms with van der Waals surface area (Å²) >= 11 is 0. The maximum absolute atomic E-state index is 5.66. The van der Waals surface area contributed by atoms with Gasteiger partial charge < -0.3 is 15.4 Å². The highest BCUT2D eigenvalue weighted by molar-refractivity contribution is 5.50. The highest BCUT2D eigenvalue weighted by atomic mass is 16.5. The summed E-state index contributed by atoms with van der Waals surface area (Å²) < 4.78 is 5.60. The fourth-order valence-electron chi connectivity index (χ4n) is 1.59. The molecule has 0 spiro atoms. The van der Waals surface area contributed by atoms with Crippen molar-refractivity contribution in [1.82, 2.24) is 0 Å². The number of rotatable bonds is 6. The van der Waals surface area contributed by atoms with Crippen LogP contribution in [0.2, 0.25) is 0 Å². The van der Waals surface area contributed by atoms with E-state index in [1.54, 1.807) is 0 Å². The van der Waals surface area contributed by atoms with Crippen LogP contribution in [0.5, 0.6) is 5.75 Å². The van der Waals surface area contributed by atoms with Crippen LogP contribution in [0.25, 0.3) is 0 Å². The standard InChI is InChI=1S/C13H22N2O/c1-4-15(5-2)12-7-6-8-13(9-12)16-10-11(3)14/h6-9,11H,4-5,10,14H2,1-3H3. The molecule has 3 heteroatoms. The molecule has 0 saturated heterocycles. The topological polar surface area (TPSA) is 38.5 Å². The Labute approximate surface area is 98.2 Å². The molecule has 0 fully saturated rings. The van der Waals surface area contributed by atoms with E-state index in [2.05, 4.69) is 30.9 Å². The number of nitrogens with zero attached hydrogens (tertiary/aromatic N) is 1. The third-order valence-electron chi connectivity index (χ3n) is 2.46. The van der Waals surface area contributed by atoms with Crippen molar-refractivity contribution in [2.24, 2.45) is 5.73 Å². The van der Waals surface area contributed by atoms with Crippen molar-refractivity contribution in [3.05, 3.63) is 24.3 Å². The Morgan fingerprint density at radius 1 is 1.31 bits per heavy atom. The minimum atomic E-state index is 0.0668. The minimum absolute atomic E-state index is 0.0668. The molecule has 16 heavy (non-hydrogen) atoms. The van der Waals surface area contributed by atoms with E-state index in [0.717, 1.165) is 18.8 Å². The molecule has 1 atom stereocenters. The van der Waals surface area contributed by atoms with Crippen molar-refractivity contribution in [3.8, 4) is 5.75 Å². The van der Waals surface area contributed by atoms with Crippen LogP contribution >= 0.6 is 0 Å². The SMILES string of the molecule is CCN(CC)c1cccc(OCC(C)N)c1. The van der Waals surface area contributed by atoms with Gasteiger partial charge in [-0.1, -0.05) is 6.07 Å². The fourth-order valence-corrected chi connectivity index (χ4v) is 1.59. The van der Waals surface area contributed by atoms with E-state index >= 15 is 0 Å². The summed E-state index contributed by atoms with van der Waals surface area (Å²) in [7, 11) is 0. The molecule has 3 nitrogen and oxygen atoms in total. The van der Waals surface area contributed by atoms with E-state index in [4.69, 9.17) is 10.5 Å². The maximum Gasteiger partial charge on any atom is 0.121 e. The third kappa shape index (κ3) is 3.74. The van der Waals surface area contributed by atoms with Gasteiger partial charge in [-0.15, -0.1) is 0 Å².